The summed E-state index contributed by atoms with van der Waals surface area (Å²) in [5.41, 5.74) is 2.89. The zero-order valence-electron chi connectivity index (χ0n) is 19.0. The van der Waals surface area contributed by atoms with Gasteiger partial charge in [-0.05, 0) is 29.3 Å². The second kappa shape index (κ2) is 8.92. The highest BCUT2D eigenvalue weighted by Crippen LogP contribution is 2.48. The van der Waals surface area contributed by atoms with E-state index in [9.17, 15) is 4.79 Å². The number of hydrazone groups is 1. The summed E-state index contributed by atoms with van der Waals surface area (Å²) in [5, 5.41) is 7.91. The summed E-state index contributed by atoms with van der Waals surface area (Å²) in [4.78, 5) is 18.0. The Morgan fingerprint density at radius 2 is 1.71 bits per heavy atom. The van der Waals surface area contributed by atoms with Gasteiger partial charge in [0.1, 0.15) is 11.3 Å². The lowest BCUT2D eigenvalue weighted by Crippen LogP contribution is -2.37. The third-order valence-corrected chi connectivity index (χ3v) is 6.54. The van der Waals surface area contributed by atoms with Crippen LogP contribution in [0.25, 0.3) is 10.9 Å². The number of pyridine rings is 1. The van der Waals surface area contributed by atoms with Crippen molar-refractivity contribution in [3.8, 4) is 5.75 Å². The number of rotatable bonds is 5. The minimum Gasteiger partial charge on any atom is -0.481 e. The number of hydrogen-bond donors (Lipinski definition) is 0. The van der Waals surface area contributed by atoms with Crippen molar-refractivity contribution in [2.24, 2.45) is 10.5 Å². The Kier molecular flexibility index (Phi) is 5.80. The van der Waals surface area contributed by atoms with Crippen LogP contribution in [-0.4, -0.2) is 28.2 Å². The fraction of sp³-hybridized carbons (Fsp3) is 0.179. The van der Waals surface area contributed by atoms with Gasteiger partial charge in [0.15, 0.2) is 6.61 Å². The van der Waals surface area contributed by atoms with Crippen molar-refractivity contribution in [2.75, 3.05) is 6.61 Å². The van der Waals surface area contributed by atoms with Gasteiger partial charge in [0, 0.05) is 22.0 Å². The molecule has 170 valence electrons. The number of benzene rings is 3. The molecule has 3 aromatic carbocycles. The van der Waals surface area contributed by atoms with E-state index in [1.807, 2.05) is 84.9 Å². The van der Waals surface area contributed by atoms with Crippen LogP contribution in [0.1, 0.15) is 31.0 Å². The van der Waals surface area contributed by atoms with Crippen LogP contribution in [0.2, 0.25) is 5.02 Å². The average molecular weight is 470 g/mol. The fourth-order valence-electron chi connectivity index (χ4n) is 4.57. The standard InChI is InChI=1S/C28H24ClN3O2/c1-28(2)26(20-10-4-3-5-11-20)31-32(27(28)21-14-6-7-15-22(21)29)24(33)18-34-23-16-8-12-19-13-9-17-30-25(19)23/h3-17,27H,18H2,1-2H3. The Hall–Kier alpha value is -3.70. The van der Waals surface area contributed by atoms with Gasteiger partial charge in [0.05, 0.1) is 11.8 Å². The molecule has 0 aliphatic carbocycles. The summed E-state index contributed by atoms with van der Waals surface area (Å²) in [5.74, 6) is 0.309. The molecule has 1 unspecified atom stereocenters. The number of halogens is 1. The summed E-state index contributed by atoms with van der Waals surface area (Å²) < 4.78 is 5.96. The Balaban J connectivity index is 1.50. The molecular weight excluding hydrogens is 446 g/mol. The fourth-order valence-corrected chi connectivity index (χ4v) is 4.81. The van der Waals surface area contributed by atoms with Gasteiger partial charge in [-0.1, -0.05) is 92.2 Å². The summed E-state index contributed by atoms with van der Waals surface area (Å²) in [6.07, 6.45) is 1.71. The van der Waals surface area contributed by atoms with Crippen molar-refractivity contribution in [1.29, 1.82) is 0 Å². The van der Waals surface area contributed by atoms with Crippen molar-refractivity contribution in [2.45, 2.75) is 19.9 Å². The molecule has 4 aromatic rings. The van der Waals surface area contributed by atoms with Crippen molar-refractivity contribution in [3.05, 3.63) is 107 Å². The third kappa shape index (κ3) is 3.93. The normalized spacial score (nSPS) is 17.0. The summed E-state index contributed by atoms with van der Waals surface area (Å²) in [6, 6.07) is 26.7. The molecule has 0 N–H and O–H groups in total. The van der Waals surface area contributed by atoms with Crippen LogP contribution >= 0.6 is 11.6 Å². The predicted octanol–water partition coefficient (Wildman–Crippen LogP) is 6.28. The van der Waals surface area contributed by atoms with E-state index < -0.39 is 5.41 Å². The highest BCUT2D eigenvalue weighted by Gasteiger charge is 2.48. The highest BCUT2D eigenvalue weighted by atomic mass is 35.5. The molecule has 1 atom stereocenters. The molecule has 0 radical (unpaired) electrons. The van der Waals surface area contributed by atoms with E-state index in [1.165, 1.54) is 5.01 Å². The van der Waals surface area contributed by atoms with Gasteiger partial charge in [-0.3, -0.25) is 9.78 Å². The summed E-state index contributed by atoms with van der Waals surface area (Å²) >= 11 is 6.61. The van der Waals surface area contributed by atoms with Gasteiger partial charge in [0.25, 0.3) is 5.91 Å². The van der Waals surface area contributed by atoms with Gasteiger partial charge < -0.3 is 4.74 Å². The zero-order chi connectivity index (χ0) is 23.7. The van der Waals surface area contributed by atoms with E-state index in [1.54, 1.807) is 6.20 Å². The third-order valence-electron chi connectivity index (χ3n) is 6.20. The SMILES string of the molecule is CC1(C)C(c2ccccc2)=NN(C(=O)COc2cccc3cccnc23)C1c1ccccc1Cl. The molecule has 34 heavy (non-hydrogen) atoms. The number of carbonyl (C=O) groups is 1. The van der Waals surface area contributed by atoms with E-state index in [-0.39, 0.29) is 18.6 Å². The van der Waals surface area contributed by atoms with Gasteiger partial charge >= 0.3 is 0 Å². The van der Waals surface area contributed by atoms with E-state index in [4.69, 9.17) is 21.4 Å². The first-order chi connectivity index (χ1) is 16.5. The molecule has 1 amide bonds. The van der Waals surface area contributed by atoms with Gasteiger partial charge in [-0.2, -0.15) is 5.10 Å². The highest BCUT2D eigenvalue weighted by molar-refractivity contribution is 6.31. The molecule has 0 bridgehead atoms. The lowest BCUT2D eigenvalue weighted by atomic mass is 9.75. The minimum atomic E-state index is -0.483. The second-order valence-electron chi connectivity index (χ2n) is 8.82. The van der Waals surface area contributed by atoms with E-state index in [2.05, 4.69) is 18.8 Å². The minimum absolute atomic E-state index is 0.168. The predicted molar refractivity (Wildman–Crippen MR) is 135 cm³/mol. The molecule has 0 saturated carbocycles. The quantitative estimate of drug-likeness (QED) is 0.345. The van der Waals surface area contributed by atoms with Gasteiger partial charge in [-0.15, -0.1) is 0 Å². The van der Waals surface area contributed by atoms with Crippen LogP contribution in [0.4, 0.5) is 0 Å². The van der Waals surface area contributed by atoms with Crippen molar-refractivity contribution in [1.82, 2.24) is 9.99 Å². The molecule has 0 saturated heterocycles. The van der Waals surface area contributed by atoms with E-state index in [0.29, 0.717) is 10.8 Å². The number of amides is 1. The molecule has 1 aliphatic heterocycles. The van der Waals surface area contributed by atoms with E-state index in [0.717, 1.165) is 27.7 Å². The molecule has 0 spiro atoms. The van der Waals surface area contributed by atoms with E-state index >= 15 is 0 Å². The van der Waals surface area contributed by atoms with Crippen LogP contribution in [0.15, 0.2) is 96.2 Å². The molecule has 5 nitrogen and oxygen atoms in total. The van der Waals surface area contributed by atoms with Gasteiger partial charge in [0.2, 0.25) is 0 Å². The Morgan fingerprint density at radius 1 is 0.971 bits per heavy atom. The molecule has 1 aliphatic rings. The summed E-state index contributed by atoms with van der Waals surface area (Å²) in [6.45, 7) is 4.02. The smallest absolute Gasteiger partial charge is 0.281 e. The first-order valence-electron chi connectivity index (χ1n) is 11.1. The second-order valence-corrected chi connectivity index (χ2v) is 9.23. The van der Waals surface area contributed by atoms with Crippen molar-refractivity contribution < 1.29 is 9.53 Å². The number of ether oxygens (including phenoxy) is 1. The van der Waals surface area contributed by atoms with Gasteiger partial charge in [-0.25, -0.2) is 5.01 Å². The summed E-state index contributed by atoms with van der Waals surface area (Å²) in [7, 11) is 0. The lowest BCUT2D eigenvalue weighted by molar-refractivity contribution is -0.136. The van der Waals surface area contributed by atoms with Crippen LogP contribution < -0.4 is 4.74 Å². The zero-order valence-corrected chi connectivity index (χ0v) is 19.7. The average Bonchev–Trinajstić information content (AvgIpc) is 3.14. The Bertz CT molecular complexity index is 1380. The topological polar surface area (TPSA) is 54.8 Å². The number of fused-ring (bicyclic) bond motifs is 1. The Labute approximate surface area is 203 Å². The first-order valence-corrected chi connectivity index (χ1v) is 11.5. The van der Waals surface area contributed by atoms with Crippen LogP contribution in [0.3, 0.4) is 0 Å². The van der Waals surface area contributed by atoms with Crippen molar-refractivity contribution in [3.63, 3.8) is 0 Å². The number of carbonyl (C=O) groups excluding carboxylic acids is 1. The largest absolute Gasteiger partial charge is 0.481 e. The Morgan fingerprint density at radius 3 is 2.50 bits per heavy atom. The first kappa shape index (κ1) is 22.1. The molecule has 5 rings (SSSR count). The molecule has 1 aromatic heterocycles. The number of nitrogens with zero attached hydrogens (tertiary/aromatic N) is 3. The molecule has 2 heterocycles. The van der Waals surface area contributed by atoms with Crippen molar-refractivity contribution >= 4 is 34.1 Å². The monoisotopic (exact) mass is 469 g/mol. The molecular formula is C28H24ClN3O2. The molecule has 6 heteroatoms. The number of hydrogen-bond acceptors (Lipinski definition) is 4. The maximum Gasteiger partial charge on any atom is 0.281 e. The van der Waals surface area contributed by atoms with Crippen LogP contribution in [0, 0.1) is 5.41 Å². The maximum atomic E-state index is 13.5. The number of aromatic nitrogens is 1. The number of para-hydroxylation sites is 1. The molecule has 0 fully saturated rings. The maximum absolute atomic E-state index is 13.5. The lowest BCUT2D eigenvalue weighted by Gasteiger charge is -2.33. The van der Waals surface area contributed by atoms with Crippen LogP contribution in [-0.2, 0) is 4.79 Å². The van der Waals surface area contributed by atoms with Crippen LogP contribution in [0.5, 0.6) is 5.75 Å².